The second-order valence-electron chi connectivity index (χ2n) is 8.55. The highest BCUT2D eigenvalue weighted by Gasteiger charge is 2.43. The number of carbonyl (C=O) groups is 1. The van der Waals surface area contributed by atoms with Gasteiger partial charge in [-0.2, -0.15) is 0 Å². The van der Waals surface area contributed by atoms with Crippen molar-refractivity contribution in [1.82, 2.24) is 14.8 Å². The molecule has 31 heavy (non-hydrogen) atoms. The Morgan fingerprint density at radius 2 is 2.13 bits per heavy atom. The van der Waals surface area contributed by atoms with E-state index in [2.05, 4.69) is 38.5 Å². The average molecular weight is 473 g/mol. The number of thioether (sulfide) groups is 1. The molecule has 0 aliphatic heterocycles. The summed E-state index contributed by atoms with van der Waals surface area (Å²) in [6.07, 6.45) is 5.40. The van der Waals surface area contributed by atoms with E-state index in [4.69, 9.17) is 11.6 Å². The van der Waals surface area contributed by atoms with Gasteiger partial charge in [-0.15, -0.1) is 21.5 Å². The molecule has 4 unspecified atom stereocenters. The molecule has 8 heteroatoms. The van der Waals surface area contributed by atoms with Crippen LogP contribution in [0.2, 0.25) is 5.02 Å². The lowest BCUT2D eigenvalue weighted by atomic mass is 9.84. The maximum absolute atomic E-state index is 12.6. The van der Waals surface area contributed by atoms with Crippen molar-refractivity contribution in [3.63, 3.8) is 0 Å². The van der Waals surface area contributed by atoms with Crippen molar-refractivity contribution < 1.29 is 4.79 Å². The van der Waals surface area contributed by atoms with Gasteiger partial charge in [0.15, 0.2) is 11.0 Å². The average Bonchev–Trinajstić information content (AvgIpc) is 3.57. The van der Waals surface area contributed by atoms with Crippen molar-refractivity contribution in [2.75, 3.05) is 11.1 Å². The number of anilines is 1. The van der Waals surface area contributed by atoms with Crippen LogP contribution in [-0.4, -0.2) is 26.4 Å². The lowest BCUT2D eigenvalue weighted by Crippen LogP contribution is -2.23. The maximum Gasteiger partial charge on any atom is 0.234 e. The summed E-state index contributed by atoms with van der Waals surface area (Å²) in [6.45, 7) is 2.31. The Kier molecular flexibility index (Phi) is 6.08. The molecule has 0 radical (unpaired) electrons. The summed E-state index contributed by atoms with van der Waals surface area (Å²) in [6, 6.07) is 11.7. The van der Waals surface area contributed by atoms with Gasteiger partial charge in [0.1, 0.15) is 0 Å². The van der Waals surface area contributed by atoms with Gasteiger partial charge in [0.05, 0.1) is 21.3 Å². The lowest BCUT2D eigenvalue weighted by Gasteiger charge is -2.30. The van der Waals surface area contributed by atoms with Crippen molar-refractivity contribution in [2.45, 2.75) is 43.8 Å². The van der Waals surface area contributed by atoms with E-state index in [0.717, 1.165) is 27.7 Å². The number of hydrogen-bond acceptors (Lipinski definition) is 5. The minimum Gasteiger partial charge on any atom is -0.324 e. The van der Waals surface area contributed by atoms with Crippen molar-refractivity contribution >= 4 is 46.3 Å². The maximum atomic E-state index is 12.6. The second-order valence-corrected chi connectivity index (χ2v) is 10.8. The number of halogens is 1. The van der Waals surface area contributed by atoms with E-state index >= 15 is 0 Å². The van der Waals surface area contributed by atoms with Crippen LogP contribution in [0.15, 0.2) is 46.9 Å². The molecule has 1 amide bonds. The molecule has 1 aromatic carbocycles. The molecule has 2 fully saturated rings. The summed E-state index contributed by atoms with van der Waals surface area (Å²) < 4.78 is 2.28. The Hall–Kier alpha value is -1.83. The first kappa shape index (κ1) is 21.0. The van der Waals surface area contributed by atoms with Crippen LogP contribution >= 0.6 is 34.7 Å². The van der Waals surface area contributed by atoms with E-state index < -0.39 is 0 Å². The quantitative estimate of drug-likeness (QED) is 0.405. The minimum atomic E-state index is -0.0992. The summed E-state index contributed by atoms with van der Waals surface area (Å²) in [5.74, 6) is 3.43. The summed E-state index contributed by atoms with van der Waals surface area (Å²) in [5, 5.41) is 15.4. The standard InChI is InChI=1S/C23H25ClN4OS2/c1-14(17-12-15-8-9-16(17)11-15)28-22(20-7-4-10-30-20)26-27-23(28)31-13-21(29)25-19-6-3-2-5-18(19)24/h2-7,10,14-17H,8-9,11-13H2,1H3,(H,25,29). The van der Waals surface area contributed by atoms with Crippen LogP contribution in [0.1, 0.15) is 38.6 Å². The highest BCUT2D eigenvalue weighted by atomic mass is 35.5. The first-order chi connectivity index (χ1) is 15.1. The number of thiophene rings is 1. The third-order valence-corrected chi connectivity index (χ3v) is 8.84. The molecule has 2 aliphatic rings. The number of fused-ring (bicyclic) bond motifs is 2. The molecule has 1 N–H and O–H groups in total. The van der Waals surface area contributed by atoms with Crippen molar-refractivity contribution in [3.8, 4) is 10.7 Å². The topological polar surface area (TPSA) is 59.8 Å². The predicted octanol–water partition coefficient (Wildman–Crippen LogP) is 6.39. The summed E-state index contributed by atoms with van der Waals surface area (Å²) in [4.78, 5) is 13.7. The van der Waals surface area contributed by atoms with Gasteiger partial charge in [0, 0.05) is 6.04 Å². The SMILES string of the molecule is CC(C1CC2CCC1C2)n1c(SCC(=O)Nc2ccccc2Cl)nnc1-c1cccs1. The summed E-state index contributed by atoms with van der Waals surface area (Å²) in [5.41, 5.74) is 0.630. The van der Waals surface area contributed by atoms with Crippen LogP contribution in [0.3, 0.4) is 0 Å². The fourth-order valence-corrected chi connectivity index (χ4v) is 6.98. The van der Waals surface area contributed by atoms with Gasteiger partial charge in [-0.1, -0.05) is 48.0 Å². The molecule has 3 aromatic rings. The lowest BCUT2D eigenvalue weighted by molar-refractivity contribution is -0.113. The van der Waals surface area contributed by atoms with Crippen LogP contribution in [-0.2, 0) is 4.79 Å². The number of amides is 1. The Bertz CT molecular complexity index is 1070. The van der Waals surface area contributed by atoms with Crippen LogP contribution in [0, 0.1) is 17.8 Å². The normalized spacial score (nSPS) is 23.2. The van der Waals surface area contributed by atoms with E-state index in [9.17, 15) is 4.79 Å². The van der Waals surface area contributed by atoms with Crippen molar-refractivity contribution in [1.29, 1.82) is 0 Å². The molecule has 2 heterocycles. The molecule has 2 bridgehead atoms. The van der Waals surface area contributed by atoms with E-state index in [-0.39, 0.29) is 11.7 Å². The largest absolute Gasteiger partial charge is 0.324 e. The predicted molar refractivity (Wildman–Crippen MR) is 128 cm³/mol. The second kappa shape index (κ2) is 8.96. The molecule has 4 atom stereocenters. The number of benzene rings is 1. The monoisotopic (exact) mass is 472 g/mol. The Balaban J connectivity index is 1.36. The molecule has 0 spiro atoms. The Morgan fingerprint density at radius 1 is 1.26 bits per heavy atom. The zero-order chi connectivity index (χ0) is 21.4. The van der Waals surface area contributed by atoms with Gasteiger partial charge in [0.25, 0.3) is 0 Å². The van der Waals surface area contributed by atoms with E-state index in [1.54, 1.807) is 23.5 Å². The molecular formula is C23H25ClN4OS2. The molecule has 2 saturated carbocycles. The van der Waals surface area contributed by atoms with Crippen molar-refractivity contribution in [3.05, 3.63) is 46.8 Å². The van der Waals surface area contributed by atoms with E-state index in [1.807, 2.05) is 18.2 Å². The Labute approximate surface area is 195 Å². The zero-order valence-electron chi connectivity index (χ0n) is 17.3. The highest BCUT2D eigenvalue weighted by molar-refractivity contribution is 7.99. The van der Waals surface area contributed by atoms with Gasteiger partial charge >= 0.3 is 0 Å². The zero-order valence-corrected chi connectivity index (χ0v) is 19.7. The number of rotatable bonds is 7. The number of aromatic nitrogens is 3. The fourth-order valence-electron chi connectivity index (χ4n) is 5.27. The van der Waals surface area contributed by atoms with Crippen LogP contribution in [0.5, 0.6) is 0 Å². The highest BCUT2D eigenvalue weighted by Crippen LogP contribution is 2.53. The molecule has 5 rings (SSSR count). The molecular weight excluding hydrogens is 448 g/mol. The summed E-state index contributed by atoms with van der Waals surface area (Å²) in [7, 11) is 0. The number of carbonyl (C=O) groups excluding carboxylic acids is 1. The van der Waals surface area contributed by atoms with E-state index in [1.165, 1.54) is 37.4 Å². The number of hydrogen-bond donors (Lipinski definition) is 1. The number of nitrogens with zero attached hydrogens (tertiary/aromatic N) is 3. The first-order valence-corrected chi connectivity index (χ1v) is 13.0. The van der Waals surface area contributed by atoms with Gasteiger partial charge in [-0.05, 0) is 67.5 Å². The van der Waals surface area contributed by atoms with Crippen LogP contribution in [0.25, 0.3) is 10.7 Å². The van der Waals surface area contributed by atoms with Gasteiger partial charge in [-0.3, -0.25) is 9.36 Å². The molecule has 5 nitrogen and oxygen atoms in total. The number of nitrogens with one attached hydrogen (secondary N) is 1. The van der Waals surface area contributed by atoms with Gasteiger partial charge in [0.2, 0.25) is 5.91 Å². The van der Waals surface area contributed by atoms with Crippen LogP contribution < -0.4 is 5.32 Å². The van der Waals surface area contributed by atoms with Gasteiger partial charge in [-0.25, -0.2) is 0 Å². The first-order valence-electron chi connectivity index (χ1n) is 10.8. The number of para-hydroxylation sites is 1. The summed E-state index contributed by atoms with van der Waals surface area (Å²) >= 11 is 9.29. The van der Waals surface area contributed by atoms with Crippen molar-refractivity contribution in [2.24, 2.45) is 17.8 Å². The smallest absolute Gasteiger partial charge is 0.234 e. The third-order valence-electron chi connectivity index (χ3n) is 6.71. The third kappa shape index (κ3) is 4.28. The van der Waals surface area contributed by atoms with E-state index in [0.29, 0.717) is 22.7 Å². The molecule has 2 aromatic heterocycles. The van der Waals surface area contributed by atoms with Gasteiger partial charge < -0.3 is 5.32 Å². The fraction of sp³-hybridized carbons (Fsp3) is 0.435. The van der Waals surface area contributed by atoms with Crippen LogP contribution in [0.4, 0.5) is 5.69 Å². The minimum absolute atomic E-state index is 0.0992. The molecule has 2 aliphatic carbocycles. The molecule has 0 saturated heterocycles. The Morgan fingerprint density at radius 3 is 2.84 bits per heavy atom. The molecule has 162 valence electrons.